The maximum atomic E-state index is 12.8. The molecule has 0 spiro atoms. The van der Waals surface area contributed by atoms with E-state index in [2.05, 4.69) is 27.1 Å². The Morgan fingerprint density at radius 1 is 1.23 bits per heavy atom. The molecular formula is C20H28N4O2. The first kappa shape index (κ1) is 18.6. The Bertz CT molecular complexity index is 708. The van der Waals surface area contributed by atoms with Gasteiger partial charge in [0.1, 0.15) is 0 Å². The molecule has 6 heteroatoms. The van der Waals surface area contributed by atoms with Crippen molar-refractivity contribution in [2.45, 2.75) is 33.0 Å². The quantitative estimate of drug-likeness (QED) is 0.794. The molecule has 2 heterocycles. The molecule has 0 N–H and O–H groups in total. The van der Waals surface area contributed by atoms with Crippen LogP contribution < -0.4 is 0 Å². The topological polar surface area (TPSA) is 52.8 Å². The molecule has 6 nitrogen and oxygen atoms in total. The van der Waals surface area contributed by atoms with Crippen LogP contribution in [-0.2, 0) is 17.9 Å². The summed E-state index contributed by atoms with van der Waals surface area (Å²) in [4.78, 5) is 19.2. The Morgan fingerprint density at radius 3 is 2.54 bits per heavy atom. The number of likely N-dealkylation sites (N-methyl/N-ethyl adjacent to an activating group) is 1. The molecule has 0 aliphatic carbocycles. The fourth-order valence-corrected chi connectivity index (χ4v) is 3.43. The monoisotopic (exact) mass is 356 g/mol. The van der Waals surface area contributed by atoms with Gasteiger partial charge in [0.05, 0.1) is 18.3 Å². The van der Waals surface area contributed by atoms with Crippen LogP contribution in [0.25, 0.3) is 0 Å². The number of rotatable bonds is 6. The lowest BCUT2D eigenvalue weighted by atomic mass is 10.1. The van der Waals surface area contributed by atoms with Gasteiger partial charge in [-0.25, -0.2) is 0 Å². The van der Waals surface area contributed by atoms with E-state index < -0.39 is 0 Å². The SMILES string of the molecule is Cc1cc(CN2CCN(C(C)C(=O)N(C)Cc3ccccc3)CC2)on1. The molecular weight excluding hydrogens is 328 g/mol. The Morgan fingerprint density at radius 2 is 1.92 bits per heavy atom. The highest BCUT2D eigenvalue weighted by Crippen LogP contribution is 2.13. The molecule has 1 amide bonds. The summed E-state index contributed by atoms with van der Waals surface area (Å²) >= 11 is 0. The molecule has 2 aromatic rings. The molecule has 1 aliphatic rings. The van der Waals surface area contributed by atoms with Crippen molar-refractivity contribution >= 4 is 5.91 Å². The Kier molecular flexibility index (Phi) is 6.06. The summed E-state index contributed by atoms with van der Waals surface area (Å²) in [6.07, 6.45) is 0. The molecule has 0 saturated carbocycles. The summed E-state index contributed by atoms with van der Waals surface area (Å²) in [6.45, 7) is 9.02. The molecule has 1 unspecified atom stereocenters. The number of piperazine rings is 1. The van der Waals surface area contributed by atoms with Crippen molar-refractivity contribution in [2.24, 2.45) is 0 Å². The summed E-state index contributed by atoms with van der Waals surface area (Å²) < 4.78 is 5.30. The smallest absolute Gasteiger partial charge is 0.239 e. The third kappa shape index (κ3) is 4.71. The van der Waals surface area contributed by atoms with Crippen molar-refractivity contribution in [2.75, 3.05) is 33.2 Å². The van der Waals surface area contributed by atoms with Crippen molar-refractivity contribution in [3.05, 3.63) is 53.4 Å². The molecule has 140 valence electrons. The summed E-state index contributed by atoms with van der Waals surface area (Å²) in [5.74, 6) is 1.08. The minimum absolute atomic E-state index is 0.0987. The van der Waals surface area contributed by atoms with E-state index in [-0.39, 0.29) is 11.9 Å². The highest BCUT2D eigenvalue weighted by Gasteiger charge is 2.27. The van der Waals surface area contributed by atoms with Gasteiger partial charge in [0.2, 0.25) is 5.91 Å². The van der Waals surface area contributed by atoms with Crippen LogP contribution in [0.1, 0.15) is 23.9 Å². The third-order valence-corrected chi connectivity index (χ3v) is 5.01. The van der Waals surface area contributed by atoms with Gasteiger partial charge in [-0.05, 0) is 19.4 Å². The molecule has 0 bridgehead atoms. The zero-order valence-corrected chi connectivity index (χ0v) is 15.9. The number of amides is 1. The summed E-state index contributed by atoms with van der Waals surface area (Å²) in [7, 11) is 1.88. The first-order valence-corrected chi connectivity index (χ1v) is 9.20. The van der Waals surface area contributed by atoms with Crippen molar-refractivity contribution in [1.82, 2.24) is 19.9 Å². The van der Waals surface area contributed by atoms with E-state index in [1.54, 1.807) is 0 Å². The van der Waals surface area contributed by atoms with Crippen LogP contribution in [0.4, 0.5) is 0 Å². The number of nitrogens with zero attached hydrogens (tertiary/aromatic N) is 4. The van der Waals surface area contributed by atoms with Crippen molar-refractivity contribution in [3.63, 3.8) is 0 Å². The van der Waals surface area contributed by atoms with Gasteiger partial charge in [0, 0.05) is 45.8 Å². The van der Waals surface area contributed by atoms with E-state index in [0.29, 0.717) is 6.54 Å². The highest BCUT2D eigenvalue weighted by atomic mass is 16.5. The Labute approximate surface area is 155 Å². The van der Waals surface area contributed by atoms with Crippen molar-refractivity contribution < 1.29 is 9.32 Å². The Balaban J connectivity index is 1.47. The molecule has 0 radical (unpaired) electrons. The number of aromatic nitrogens is 1. The standard InChI is InChI=1S/C20H28N4O2/c1-16-13-19(26-21-16)15-23-9-11-24(12-10-23)17(2)20(25)22(3)14-18-7-5-4-6-8-18/h4-8,13,17H,9-12,14-15H2,1-3H3. The molecule has 3 rings (SSSR count). The van der Waals surface area contributed by atoms with Gasteiger partial charge in [-0.15, -0.1) is 0 Å². The third-order valence-electron chi connectivity index (χ3n) is 5.01. The van der Waals surface area contributed by atoms with Crippen LogP contribution in [0.15, 0.2) is 40.9 Å². The summed E-state index contributed by atoms with van der Waals surface area (Å²) in [5, 5.41) is 3.94. The van der Waals surface area contributed by atoms with Crippen LogP contribution in [0.2, 0.25) is 0 Å². The summed E-state index contributed by atoms with van der Waals surface area (Å²) in [5.41, 5.74) is 2.07. The van der Waals surface area contributed by atoms with E-state index in [4.69, 9.17) is 4.52 Å². The second-order valence-corrected chi connectivity index (χ2v) is 7.10. The van der Waals surface area contributed by atoms with Gasteiger partial charge in [-0.3, -0.25) is 14.6 Å². The van der Waals surface area contributed by atoms with Crippen LogP contribution in [0.3, 0.4) is 0 Å². The lowest BCUT2D eigenvalue weighted by molar-refractivity contribution is -0.136. The van der Waals surface area contributed by atoms with Crippen LogP contribution in [0, 0.1) is 6.92 Å². The lowest BCUT2D eigenvalue weighted by Crippen LogP contribution is -2.53. The van der Waals surface area contributed by atoms with Crippen LogP contribution in [0.5, 0.6) is 0 Å². The number of hydrogen-bond acceptors (Lipinski definition) is 5. The molecule has 1 saturated heterocycles. The van der Waals surface area contributed by atoms with Crippen LogP contribution >= 0.6 is 0 Å². The molecule has 1 aliphatic heterocycles. The first-order chi connectivity index (χ1) is 12.5. The predicted molar refractivity (Wildman–Crippen MR) is 100 cm³/mol. The summed E-state index contributed by atoms with van der Waals surface area (Å²) in [6, 6.07) is 12.0. The Hall–Kier alpha value is -2.18. The second kappa shape index (κ2) is 8.47. The van der Waals surface area contributed by atoms with Gasteiger partial charge >= 0.3 is 0 Å². The van der Waals surface area contributed by atoms with Crippen molar-refractivity contribution in [1.29, 1.82) is 0 Å². The number of aryl methyl sites for hydroxylation is 1. The normalized spacial score (nSPS) is 17.2. The van der Waals surface area contributed by atoms with Gasteiger partial charge in [-0.2, -0.15) is 0 Å². The van der Waals surface area contributed by atoms with E-state index in [0.717, 1.165) is 49.7 Å². The van der Waals surface area contributed by atoms with E-state index in [1.165, 1.54) is 0 Å². The molecule has 1 atom stereocenters. The van der Waals surface area contributed by atoms with E-state index >= 15 is 0 Å². The largest absolute Gasteiger partial charge is 0.360 e. The maximum absolute atomic E-state index is 12.8. The van der Waals surface area contributed by atoms with Gasteiger partial charge in [-0.1, -0.05) is 35.5 Å². The fraction of sp³-hybridized carbons (Fsp3) is 0.500. The first-order valence-electron chi connectivity index (χ1n) is 9.20. The average molecular weight is 356 g/mol. The zero-order valence-electron chi connectivity index (χ0n) is 15.9. The minimum atomic E-state index is -0.0987. The second-order valence-electron chi connectivity index (χ2n) is 7.10. The zero-order chi connectivity index (χ0) is 18.5. The minimum Gasteiger partial charge on any atom is -0.360 e. The average Bonchev–Trinajstić information content (AvgIpc) is 3.06. The predicted octanol–water partition coefficient (Wildman–Crippen LogP) is 2.15. The maximum Gasteiger partial charge on any atom is 0.239 e. The molecule has 1 fully saturated rings. The lowest BCUT2D eigenvalue weighted by Gasteiger charge is -2.38. The van der Waals surface area contributed by atoms with E-state index in [9.17, 15) is 4.79 Å². The number of hydrogen-bond donors (Lipinski definition) is 0. The molecule has 1 aromatic carbocycles. The van der Waals surface area contributed by atoms with Crippen LogP contribution in [-0.4, -0.2) is 65.0 Å². The molecule has 1 aromatic heterocycles. The number of carbonyl (C=O) groups excluding carboxylic acids is 1. The number of carbonyl (C=O) groups is 1. The van der Waals surface area contributed by atoms with Gasteiger partial charge in [0.15, 0.2) is 5.76 Å². The fourth-order valence-electron chi connectivity index (χ4n) is 3.43. The molecule has 26 heavy (non-hydrogen) atoms. The number of benzene rings is 1. The van der Waals surface area contributed by atoms with Crippen molar-refractivity contribution in [3.8, 4) is 0 Å². The van der Waals surface area contributed by atoms with Gasteiger partial charge in [0.25, 0.3) is 0 Å². The van der Waals surface area contributed by atoms with Gasteiger partial charge < -0.3 is 9.42 Å². The highest BCUT2D eigenvalue weighted by molar-refractivity contribution is 5.81. The van der Waals surface area contributed by atoms with E-state index in [1.807, 2.05) is 50.1 Å².